The summed E-state index contributed by atoms with van der Waals surface area (Å²) in [6.07, 6.45) is 7.83. The van der Waals surface area contributed by atoms with E-state index in [2.05, 4.69) is 17.1 Å². The van der Waals surface area contributed by atoms with Gasteiger partial charge in [-0.2, -0.15) is 0 Å². The Hall–Kier alpha value is -2.40. The van der Waals surface area contributed by atoms with Crippen molar-refractivity contribution in [2.45, 2.75) is 37.1 Å². The van der Waals surface area contributed by atoms with Crippen molar-refractivity contribution in [3.63, 3.8) is 0 Å². The van der Waals surface area contributed by atoms with Crippen LogP contribution in [0, 0.1) is 5.92 Å². The highest BCUT2D eigenvalue weighted by Gasteiger charge is 2.36. The van der Waals surface area contributed by atoms with Gasteiger partial charge in [-0.05, 0) is 54.9 Å². The van der Waals surface area contributed by atoms with Crippen molar-refractivity contribution in [1.29, 1.82) is 0 Å². The summed E-state index contributed by atoms with van der Waals surface area (Å²) in [6, 6.07) is 6.79. The molecule has 146 valence electrons. The van der Waals surface area contributed by atoms with E-state index in [0.29, 0.717) is 19.1 Å². The molecule has 1 aliphatic heterocycles. The maximum atomic E-state index is 12.9. The quantitative estimate of drug-likeness (QED) is 0.781. The molecule has 2 aromatic rings. The first-order valence-corrected chi connectivity index (χ1v) is 10.3. The zero-order chi connectivity index (χ0) is 19.3. The van der Waals surface area contributed by atoms with Crippen molar-refractivity contribution in [3.05, 3.63) is 51.7 Å². The van der Waals surface area contributed by atoms with Gasteiger partial charge < -0.3 is 14.8 Å². The van der Waals surface area contributed by atoms with Crippen LogP contribution in [0.1, 0.15) is 42.1 Å². The number of carbonyl (C=O) groups is 1. The number of carbonyl (C=O) groups excluding carboxylic acids is 1. The molecule has 5 rings (SSSR count). The number of aromatic amines is 1. The number of aromatic hydroxyl groups is 1. The van der Waals surface area contributed by atoms with Gasteiger partial charge in [0.1, 0.15) is 11.8 Å². The van der Waals surface area contributed by atoms with Gasteiger partial charge in [-0.1, -0.05) is 24.3 Å². The van der Waals surface area contributed by atoms with Crippen molar-refractivity contribution in [2.24, 2.45) is 5.92 Å². The first-order chi connectivity index (χ1) is 13.6. The number of nitrogens with one attached hydrogen (secondary N) is 1. The fraction of sp³-hybridized carbons (Fsp3) is 0.409. The van der Waals surface area contributed by atoms with Crippen molar-refractivity contribution in [1.82, 2.24) is 9.88 Å². The summed E-state index contributed by atoms with van der Waals surface area (Å²) in [6.45, 7) is 1.09. The van der Waals surface area contributed by atoms with Gasteiger partial charge in [0.25, 0.3) is 0 Å². The largest absolute Gasteiger partial charge is 0.508 e. The van der Waals surface area contributed by atoms with Gasteiger partial charge in [-0.3, -0.25) is 4.90 Å². The predicted octanol–water partition coefficient (Wildman–Crippen LogP) is 2.79. The number of hydrogen-bond donors (Lipinski definition) is 2. The molecular formula is C22H23ClN2O3. The Balaban J connectivity index is 1.57. The number of phenolic OH excluding ortho intramolecular Hbond substituents is 1. The molecule has 3 aliphatic rings. The summed E-state index contributed by atoms with van der Waals surface area (Å²) in [5, 5.41) is 11.9. The average molecular weight is 399 g/mol. The van der Waals surface area contributed by atoms with Gasteiger partial charge >= 0.3 is 6.09 Å². The standard InChI is InChI=1S/C22H23ClN2O3/c23-15-5-8-19-18(11-15)17-9-10-25(22(27)28-12-13-1-2-13)21(20(17)24-19)14-3-6-16(26)7-4-14/h3-4,6-8,11,13,15,21,24,26H,1-2,5,9-10,12H2/t15?,21-/m0/s1. The number of amides is 1. The number of rotatable bonds is 3. The Kier molecular flexibility index (Phi) is 4.35. The molecule has 2 atom stereocenters. The summed E-state index contributed by atoms with van der Waals surface area (Å²) in [4.78, 5) is 18.2. The first-order valence-electron chi connectivity index (χ1n) is 9.89. The highest BCUT2D eigenvalue weighted by molar-refractivity contribution is 6.24. The van der Waals surface area contributed by atoms with Crippen LogP contribution in [0.25, 0.3) is 12.2 Å². The molecule has 1 unspecified atom stereocenters. The third-order valence-electron chi connectivity index (χ3n) is 5.87. The van der Waals surface area contributed by atoms with E-state index in [9.17, 15) is 9.90 Å². The molecule has 1 aromatic heterocycles. The molecule has 2 N–H and O–H groups in total. The maximum Gasteiger partial charge on any atom is 0.410 e. The molecule has 5 nitrogen and oxygen atoms in total. The molecule has 2 aliphatic carbocycles. The Morgan fingerprint density at radius 1 is 1.29 bits per heavy atom. The molecule has 1 saturated carbocycles. The van der Waals surface area contributed by atoms with Gasteiger partial charge in [0.2, 0.25) is 0 Å². The van der Waals surface area contributed by atoms with Gasteiger partial charge in [-0.25, -0.2) is 4.79 Å². The molecule has 0 saturated heterocycles. The molecule has 1 fully saturated rings. The van der Waals surface area contributed by atoms with Gasteiger partial charge in [0.05, 0.1) is 12.0 Å². The highest BCUT2D eigenvalue weighted by atomic mass is 35.5. The van der Waals surface area contributed by atoms with Crippen LogP contribution in [0.2, 0.25) is 0 Å². The molecule has 0 radical (unpaired) electrons. The zero-order valence-corrected chi connectivity index (χ0v) is 16.3. The number of phenols is 1. The summed E-state index contributed by atoms with van der Waals surface area (Å²) in [5.74, 6) is 0.735. The van der Waals surface area contributed by atoms with Gasteiger partial charge in [0, 0.05) is 22.8 Å². The lowest BCUT2D eigenvalue weighted by Gasteiger charge is -2.35. The van der Waals surface area contributed by atoms with Crippen molar-refractivity contribution in [3.8, 4) is 5.75 Å². The fourth-order valence-corrected chi connectivity index (χ4v) is 4.42. The van der Waals surface area contributed by atoms with E-state index in [4.69, 9.17) is 16.3 Å². The molecule has 0 bridgehead atoms. The van der Waals surface area contributed by atoms with Gasteiger partial charge in [-0.15, -0.1) is 11.6 Å². The minimum Gasteiger partial charge on any atom is -0.508 e. The Morgan fingerprint density at radius 2 is 2.07 bits per heavy atom. The SMILES string of the molecule is O=C(OCC1CC1)N1CCc2c([nH]c3c2=CC(Cl)CC=3)[C@@H]1c1ccc(O)cc1. The lowest BCUT2D eigenvalue weighted by Crippen LogP contribution is -2.42. The van der Waals surface area contributed by atoms with E-state index in [-0.39, 0.29) is 23.3 Å². The first kappa shape index (κ1) is 17.7. The van der Waals surface area contributed by atoms with Crippen molar-refractivity contribution >= 4 is 29.8 Å². The lowest BCUT2D eigenvalue weighted by molar-refractivity contribution is 0.0850. The Labute approximate surface area is 168 Å². The Morgan fingerprint density at radius 3 is 2.82 bits per heavy atom. The molecule has 1 aromatic carbocycles. The third kappa shape index (κ3) is 3.18. The minimum absolute atomic E-state index is 0.000981. The van der Waals surface area contributed by atoms with Crippen LogP contribution in [0.4, 0.5) is 4.79 Å². The summed E-state index contributed by atoms with van der Waals surface area (Å²) < 4.78 is 5.60. The molecule has 6 heteroatoms. The van der Waals surface area contributed by atoms with E-state index in [1.165, 1.54) is 5.56 Å². The van der Waals surface area contributed by atoms with Crippen LogP contribution < -0.4 is 10.6 Å². The number of alkyl halides is 1. The minimum atomic E-state index is -0.272. The van der Waals surface area contributed by atoms with Crippen LogP contribution >= 0.6 is 11.6 Å². The summed E-state index contributed by atoms with van der Waals surface area (Å²) >= 11 is 6.36. The van der Waals surface area contributed by atoms with E-state index < -0.39 is 0 Å². The second kappa shape index (κ2) is 6.89. The summed E-state index contributed by atoms with van der Waals surface area (Å²) in [7, 11) is 0. The number of benzene rings is 1. The molecule has 1 amide bonds. The average Bonchev–Trinajstić information content (AvgIpc) is 3.46. The van der Waals surface area contributed by atoms with Crippen LogP contribution in [-0.2, 0) is 11.2 Å². The monoisotopic (exact) mass is 398 g/mol. The molecular weight excluding hydrogens is 376 g/mol. The predicted molar refractivity (Wildman–Crippen MR) is 108 cm³/mol. The normalized spacial score (nSPS) is 23.2. The Bertz CT molecular complexity index is 1020. The fourth-order valence-electron chi connectivity index (χ4n) is 4.20. The van der Waals surface area contributed by atoms with Crippen LogP contribution in [0.5, 0.6) is 5.75 Å². The van der Waals surface area contributed by atoms with Gasteiger partial charge in [0.15, 0.2) is 0 Å². The third-order valence-corrected chi connectivity index (χ3v) is 6.18. The second-order valence-corrected chi connectivity index (χ2v) is 8.49. The number of hydrogen-bond acceptors (Lipinski definition) is 3. The van der Waals surface area contributed by atoms with Crippen molar-refractivity contribution in [2.75, 3.05) is 13.2 Å². The van der Waals surface area contributed by atoms with E-state index in [1.54, 1.807) is 17.0 Å². The molecule has 2 heterocycles. The molecule has 0 spiro atoms. The van der Waals surface area contributed by atoms with E-state index in [1.807, 2.05) is 12.1 Å². The van der Waals surface area contributed by atoms with Crippen LogP contribution in [-0.4, -0.2) is 39.6 Å². The van der Waals surface area contributed by atoms with Crippen molar-refractivity contribution < 1.29 is 14.6 Å². The lowest BCUT2D eigenvalue weighted by atomic mass is 9.92. The van der Waals surface area contributed by atoms with Crippen LogP contribution in [0.15, 0.2) is 24.3 Å². The zero-order valence-electron chi connectivity index (χ0n) is 15.5. The number of fused-ring (bicyclic) bond motifs is 3. The van der Waals surface area contributed by atoms with E-state index >= 15 is 0 Å². The number of halogens is 1. The molecule has 28 heavy (non-hydrogen) atoms. The smallest absolute Gasteiger partial charge is 0.410 e. The number of H-pyrrole nitrogens is 1. The highest BCUT2D eigenvalue weighted by Crippen LogP contribution is 2.35. The topological polar surface area (TPSA) is 65.6 Å². The number of ether oxygens (including phenoxy) is 1. The maximum absolute atomic E-state index is 12.9. The number of nitrogens with zero attached hydrogens (tertiary/aromatic N) is 1. The van der Waals surface area contributed by atoms with Crippen LogP contribution in [0.3, 0.4) is 0 Å². The number of aromatic nitrogens is 1. The second-order valence-electron chi connectivity index (χ2n) is 7.92. The van der Waals surface area contributed by atoms with E-state index in [0.717, 1.165) is 47.5 Å². The summed E-state index contributed by atoms with van der Waals surface area (Å²) in [5.41, 5.74) is 3.19.